The van der Waals surface area contributed by atoms with Crippen LogP contribution in [-0.4, -0.2) is 24.9 Å². The molecule has 0 aliphatic heterocycles. The van der Waals surface area contributed by atoms with Gasteiger partial charge in [-0.1, -0.05) is 13.8 Å². The minimum atomic E-state index is -0.204. The molecule has 1 atom stereocenters. The summed E-state index contributed by atoms with van der Waals surface area (Å²) in [6.45, 7) is 4.65. The lowest BCUT2D eigenvalue weighted by atomic mass is 10.1. The number of hydrogen-bond donors (Lipinski definition) is 1. The molecule has 0 unspecified atom stereocenters. The molecule has 0 heterocycles. The number of ether oxygens (including phenoxy) is 1. The van der Waals surface area contributed by atoms with E-state index in [1.54, 1.807) is 7.11 Å². The van der Waals surface area contributed by atoms with Crippen LogP contribution in [0.1, 0.15) is 20.3 Å². The number of rotatable bonds is 4. The molecule has 0 bridgehead atoms. The van der Waals surface area contributed by atoms with E-state index in [4.69, 9.17) is 4.74 Å². The van der Waals surface area contributed by atoms with E-state index in [-0.39, 0.29) is 6.10 Å². The van der Waals surface area contributed by atoms with Crippen molar-refractivity contribution in [1.82, 2.24) is 0 Å². The Morgan fingerprint density at radius 2 is 2.00 bits per heavy atom. The summed E-state index contributed by atoms with van der Waals surface area (Å²) in [5.74, 6) is 0.347. The van der Waals surface area contributed by atoms with Gasteiger partial charge in [-0.05, 0) is 12.3 Å². The molecule has 0 saturated carbocycles. The van der Waals surface area contributed by atoms with Gasteiger partial charge in [0.15, 0.2) is 0 Å². The second-order valence-electron chi connectivity index (χ2n) is 2.59. The van der Waals surface area contributed by atoms with Crippen molar-refractivity contribution >= 4 is 0 Å². The topological polar surface area (TPSA) is 29.5 Å². The van der Waals surface area contributed by atoms with E-state index >= 15 is 0 Å². The molecule has 0 amide bonds. The molecular weight excluding hydrogens is 116 g/mol. The number of hydrogen-bond acceptors (Lipinski definition) is 2. The lowest BCUT2D eigenvalue weighted by molar-refractivity contribution is 0.0784. The fraction of sp³-hybridized carbons (Fsp3) is 1.00. The van der Waals surface area contributed by atoms with E-state index < -0.39 is 0 Å². The normalized spacial score (nSPS) is 14.3. The zero-order valence-corrected chi connectivity index (χ0v) is 6.42. The summed E-state index contributed by atoms with van der Waals surface area (Å²) in [6.07, 6.45) is 0.540. The minimum absolute atomic E-state index is 0.204. The van der Waals surface area contributed by atoms with Crippen LogP contribution in [0.5, 0.6) is 0 Å². The first-order chi connectivity index (χ1) is 4.18. The second kappa shape index (κ2) is 4.77. The van der Waals surface area contributed by atoms with Crippen molar-refractivity contribution in [3.8, 4) is 0 Å². The lowest BCUT2D eigenvalue weighted by Crippen LogP contribution is -2.16. The molecule has 0 rings (SSSR count). The standard InChI is InChI=1S/C7H16O2/c1-6(2)7(8)4-5-9-3/h6-8H,4-5H2,1-3H3/t7-/m0/s1. The highest BCUT2D eigenvalue weighted by Crippen LogP contribution is 2.04. The Morgan fingerprint density at radius 1 is 1.44 bits per heavy atom. The number of aliphatic hydroxyl groups is 1. The predicted molar refractivity (Wildman–Crippen MR) is 37.3 cm³/mol. The number of methoxy groups -OCH3 is 1. The molecule has 2 heteroatoms. The zero-order chi connectivity index (χ0) is 7.28. The van der Waals surface area contributed by atoms with Gasteiger partial charge in [0.25, 0.3) is 0 Å². The Bertz CT molecular complexity index is 61.9. The molecule has 0 aromatic carbocycles. The van der Waals surface area contributed by atoms with Gasteiger partial charge in [-0.25, -0.2) is 0 Å². The van der Waals surface area contributed by atoms with Crippen LogP contribution >= 0.6 is 0 Å². The van der Waals surface area contributed by atoms with Crippen molar-refractivity contribution < 1.29 is 9.84 Å². The first-order valence-corrected chi connectivity index (χ1v) is 3.35. The summed E-state index contributed by atoms with van der Waals surface area (Å²) in [5, 5.41) is 9.18. The van der Waals surface area contributed by atoms with Crippen LogP contribution in [0.2, 0.25) is 0 Å². The van der Waals surface area contributed by atoms with Crippen molar-refractivity contribution in [2.75, 3.05) is 13.7 Å². The fourth-order valence-electron chi connectivity index (χ4n) is 0.572. The third kappa shape index (κ3) is 4.43. The van der Waals surface area contributed by atoms with E-state index in [9.17, 15) is 5.11 Å². The van der Waals surface area contributed by atoms with Crippen molar-refractivity contribution in [3.63, 3.8) is 0 Å². The van der Waals surface area contributed by atoms with E-state index in [1.807, 2.05) is 13.8 Å². The van der Waals surface area contributed by atoms with Crippen LogP contribution in [-0.2, 0) is 4.74 Å². The molecule has 1 N–H and O–H groups in total. The van der Waals surface area contributed by atoms with E-state index in [0.717, 1.165) is 6.42 Å². The highest BCUT2D eigenvalue weighted by molar-refractivity contribution is 4.57. The van der Waals surface area contributed by atoms with Gasteiger partial charge in [0.05, 0.1) is 6.10 Å². The van der Waals surface area contributed by atoms with Gasteiger partial charge in [0.2, 0.25) is 0 Å². The molecule has 2 nitrogen and oxygen atoms in total. The number of aliphatic hydroxyl groups excluding tert-OH is 1. The summed E-state index contributed by atoms with van der Waals surface area (Å²) in [4.78, 5) is 0. The third-order valence-electron chi connectivity index (χ3n) is 1.39. The summed E-state index contributed by atoms with van der Waals surface area (Å²) >= 11 is 0. The van der Waals surface area contributed by atoms with E-state index in [1.165, 1.54) is 0 Å². The van der Waals surface area contributed by atoms with Crippen LogP contribution < -0.4 is 0 Å². The average molecular weight is 132 g/mol. The predicted octanol–water partition coefficient (Wildman–Crippen LogP) is 1.04. The Morgan fingerprint density at radius 3 is 2.33 bits per heavy atom. The van der Waals surface area contributed by atoms with Crippen LogP contribution in [0.4, 0.5) is 0 Å². The Balaban J connectivity index is 3.16. The maximum absolute atomic E-state index is 9.18. The van der Waals surface area contributed by atoms with Gasteiger partial charge in [-0.2, -0.15) is 0 Å². The van der Waals surface area contributed by atoms with Gasteiger partial charge in [-0.15, -0.1) is 0 Å². The molecular formula is C7H16O2. The van der Waals surface area contributed by atoms with E-state index in [0.29, 0.717) is 12.5 Å². The quantitative estimate of drug-likeness (QED) is 0.619. The van der Waals surface area contributed by atoms with Gasteiger partial charge in [0, 0.05) is 13.7 Å². The van der Waals surface area contributed by atoms with Gasteiger partial charge in [0.1, 0.15) is 0 Å². The second-order valence-corrected chi connectivity index (χ2v) is 2.59. The summed E-state index contributed by atoms with van der Waals surface area (Å²) < 4.78 is 4.80. The molecule has 0 spiro atoms. The van der Waals surface area contributed by atoms with Gasteiger partial charge in [-0.3, -0.25) is 0 Å². The highest BCUT2D eigenvalue weighted by Gasteiger charge is 2.06. The fourth-order valence-corrected chi connectivity index (χ4v) is 0.572. The van der Waals surface area contributed by atoms with Crippen molar-refractivity contribution in [2.24, 2.45) is 5.92 Å². The third-order valence-corrected chi connectivity index (χ3v) is 1.39. The monoisotopic (exact) mass is 132 g/mol. The summed E-state index contributed by atoms with van der Waals surface area (Å²) in [6, 6.07) is 0. The smallest absolute Gasteiger partial charge is 0.0585 e. The molecule has 0 fully saturated rings. The Hall–Kier alpha value is -0.0800. The SMILES string of the molecule is COCC[C@H](O)C(C)C. The molecule has 0 aliphatic carbocycles. The Labute approximate surface area is 56.8 Å². The van der Waals surface area contributed by atoms with Crippen LogP contribution in [0.25, 0.3) is 0 Å². The average Bonchev–Trinajstić information content (AvgIpc) is 1.82. The molecule has 56 valence electrons. The molecule has 0 aromatic rings. The van der Waals surface area contributed by atoms with Crippen molar-refractivity contribution in [2.45, 2.75) is 26.4 Å². The minimum Gasteiger partial charge on any atom is -0.393 e. The highest BCUT2D eigenvalue weighted by atomic mass is 16.5. The Kier molecular flexibility index (Phi) is 4.72. The van der Waals surface area contributed by atoms with Gasteiger partial charge < -0.3 is 9.84 Å². The molecule has 0 radical (unpaired) electrons. The van der Waals surface area contributed by atoms with Crippen LogP contribution in [0, 0.1) is 5.92 Å². The molecule has 9 heavy (non-hydrogen) atoms. The lowest BCUT2D eigenvalue weighted by Gasteiger charge is -2.12. The molecule has 0 aliphatic rings. The van der Waals surface area contributed by atoms with Gasteiger partial charge >= 0.3 is 0 Å². The van der Waals surface area contributed by atoms with Crippen LogP contribution in [0.3, 0.4) is 0 Å². The maximum atomic E-state index is 9.18. The maximum Gasteiger partial charge on any atom is 0.0585 e. The zero-order valence-electron chi connectivity index (χ0n) is 6.42. The first-order valence-electron chi connectivity index (χ1n) is 3.35. The molecule has 0 saturated heterocycles. The van der Waals surface area contributed by atoms with Crippen molar-refractivity contribution in [3.05, 3.63) is 0 Å². The summed E-state index contributed by atoms with van der Waals surface area (Å²) in [5.41, 5.74) is 0. The first kappa shape index (κ1) is 8.92. The largest absolute Gasteiger partial charge is 0.393 e. The van der Waals surface area contributed by atoms with Crippen LogP contribution in [0.15, 0.2) is 0 Å². The summed E-state index contributed by atoms with van der Waals surface area (Å²) in [7, 11) is 1.65. The molecule has 0 aromatic heterocycles. The van der Waals surface area contributed by atoms with Crippen molar-refractivity contribution in [1.29, 1.82) is 0 Å². The van der Waals surface area contributed by atoms with E-state index in [2.05, 4.69) is 0 Å².